The molecule has 0 atom stereocenters. The van der Waals surface area contributed by atoms with E-state index in [1.165, 1.54) is 41.7 Å². The highest BCUT2D eigenvalue weighted by Crippen LogP contribution is 2.29. The zero-order valence-corrected chi connectivity index (χ0v) is 17.1. The van der Waals surface area contributed by atoms with Gasteiger partial charge in [0.2, 0.25) is 0 Å². The second-order valence-corrected chi connectivity index (χ2v) is 8.21. The molecule has 0 saturated carbocycles. The Morgan fingerprint density at radius 1 is 1.15 bits per heavy atom. The van der Waals surface area contributed by atoms with E-state index in [0.29, 0.717) is 10.9 Å². The van der Waals surface area contributed by atoms with Crippen LogP contribution in [0.2, 0.25) is 0 Å². The Bertz CT molecular complexity index is 970. The van der Waals surface area contributed by atoms with E-state index in [2.05, 4.69) is 44.4 Å². The summed E-state index contributed by atoms with van der Waals surface area (Å²) in [4.78, 5) is 16.7. The first-order valence-corrected chi connectivity index (χ1v) is 10.6. The molecule has 3 aromatic rings. The molecule has 2 aromatic carbocycles. The number of amides is 1. The number of hydrogen-bond acceptors (Lipinski definition) is 4. The van der Waals surface area contributed by atoms with E-state index in [1.807, 2.05) is 29.6 Å². The van der Waals surface area contributed by atoms with Gasteiger partial charge in [-0.25, -0.2) is 4.98 Å². The molecule has 0 unspecified atom stereocenters. The van der Waals surface area contributed by atoms with Crippen LogP contribution in [0, 0.1) is 0 Å². The minimum atomic E-state index is -0.225. The maximum atomic E-state index is 12.1. The molecule has 0 fully saturated rings. The Morgan fingerprint density at radius 3 is 2.81 bits per heavy atom. The van der Waals surface area contributed by atoms with Crippen LogP contribution in [0.3, 0.4) is 0 Å². The van der Waals surface area contributed by atoms with E-state index in [-0.39, 0.29) is 12.5 Å². The van der Waals surface area contributed by atoms with Crippen LogP contribution in [-0.4, -0.2) is 17.5 Å². The van der Waals surface area contributed by atoms with E-state index >= 15 is 0 Å². The molecule has 1 amide bonds. The number of aryl methyl sites for hydroxylation is 2. The third-order valence-corrected chi connectivity index (χ3v) is 6.00. The fourth-order valence-corrected chi connectivity index (χ4v) is 4.35. The van der Waals surface area contributed by atoms with E-state index in [9.17, 15) is 4.79 Å². The molecule has 1 aliphatic rings. The Hall–Kier alpha value is -2.18. The molecule has 27 heavy (non-hydrogen) atoms. The Morgan fingerprint density at radius 2 is 1.96 bits per heavy atom. The first kappa shape index (κ1) is 18.2. The summed E-state index contributed by atoms with van der Waals surface area (Å²) in [6, 6.07) is 14.0. The maximum Gasteiger partial charge on any atom is 0.264 e. The Labute approximate surface area is 170 Å². The normalized spacial score (nSPS) is 13.1. The molecule has 0 aliphatic heterocycles. The van der Waals surface area contributed by atoms with E-state index in [0.717, 1.165) is 22.2 Å². The quantitative estimate of drug-likeness (QED) is 0.569. The topological polar surface area (TPSA) is 51.2 Å². The fraction of sp³-hybridized carbons (Fsp3) is 0.238. The third-order valence-electron chi connectivity index (χ3n) is 4.59. The average Bonchev–Trinajstić information content (AvgIpc) is 3.15. The van der Waals surface area contributed by atoms with Crippen LogP contribution in [0.1, 0.15) is 24.0 Å². The number of nitrogens with one attached hydrogen (secondary N) is 1. The number of thiazole rings is 1. The highest BCUT2D eigenvalue weighted by Gasteiger charge is 2.13. The van der Waals surface area contributed by atoms with Gasteiger partial charge in [-0.15, -0.1) is 11.3 Å². The number of fused-ring (bicyclic) bond motifs is 1. The lowest BCUT2D eigenvalue weighted by atomic mass is 9.90. The smallest absolute Gasteiger partial charge is 0.264 e. The summed E-state index contributed by atoms with van der Waals surface area (Å²) in [5.74, 6) is 0.415. The van der Waals surface area contributed by atoms with Crippen molar-refractivity contribution in [3.63, 3.8) is 0 Å². The molecule has 1 heterocycles. The van der Waals surface area contributed by atoms with Gasteiger partial charge >= 0.3 is 0 Å². The summed E-state index contributed by atoms with van der Waals surface area (Å²) in [5.41, 5.74) is 4.89. The molecule has 4 nitrogen and oxygen atoms in total. The summed E-state index contributed by atoms with van der Waals surface area (Å²) >= 11 is 4.83. The van der Waals surface area contributed by atoms with Gasteiger partial charge in [-0.2, -0.15) is 0 Å². The number of anilines is 1. The molecule has 0 spiro atoms. The van der Waals surface area contributed by atoms with Gasteiger partial charge in [0.25, 0.3) is 5.91 Å². The van der Waals surface area contributed by atoms with Crippen molar-refractivity contribution in [2.45, 2.75) is 25.7 Å². The number of ether oxygens (including phenoxy) is 1. The molecule has 0 saturated heterocycles. The van der Waals surface area contributed by atoms with Crippen molar-refractivity contribution in [1.82, 2.24) is 4.98 Å². The summed E-state index contributed by atoms with van der Waals surface area (Å²) in [5, 5.41) is 5.38. The molecule has 6 heteroatoms. The largest absolute Gasteiger partial charge is 0.483 e. The van der Waals surface area contributed by atoms with Crippen molar-refractivity contribution in [1.29, 1.82) is 0 Å². The summed E-state index contributed by atoms with van der Waals surface area (Å²) in [6.07, 6.45) is 4.85. The molecule has 0 radical (unpaired) electrons. The van der Waals surface area contributed by atoms with Crippen LogP contribution in [0.4, 0.5) is 5.13 Å². The van der Waals surface area contributed by atoms with Crippen LogP contribution >= 0.6 is 27.3 Å². The minimum Gasteiger partial charge on any atom is -0.483 e. The molecule has 1 aliphatic carbocycles. The van der Waals surface area contributed by atoms with Gasteiger partial charge in [-0.05, 0) is 70.9 Å². The predicted octanol–water partition coefficient (Wildman–Crippen LogP) is 5.47. The molecule has 1 N–H and O–H groups in total. The van der Waals surface area contributed by atoms with Gasteiger partial charge in [0.05, 0.1) is 10.2 Å². The average molecular weight is 443 g/mol. The molecule has 4 rings (SSSR count). The lowest BCUT2D eigenvalue weighted by Gasteiger charge is -2.16. The zero-order chi connectivity index (χ0) is 18.6. The second-order valence-electron chi connectivity index (χ2n) is 6.50. The van der Waals surface area contributed by atoms with Gasteiger partial charge in [0.1, 0.15) is 5.75 Å². The van der Waals surface area contributed by atoms with E-state index in [4.69, 9.17) is 4.74 Å². The summed E-state index contributed by atoms with van der Waals surface area (Å²) < 4.78 is 6.36. The molecule has 0 bridgehead atoms. The first-order valence-electron chi connectivity index (χ1n) is 8.94. The summed E-state index contributed by atoms with van der Waals surface area (Å²) in [7, 11) is 0. The molecular weight excluding hydrogens is 424 g/mol. The van der Waals surface area contributed by atoms with Gasteiger partial charge in [0.15, 0.2) is 11.7 Å². The number of halogens is 1. The highest BCUT2D eigenvalue weighted by atomic mass is 79.9. The number of benzene rings is 2. The first-order chi connectivity index (χ1) is 13.2. The standard InChI is InChI=1S/C21H19BrN2O2S/c22-17-7-3-4-8-19(17)26-12-20(25)24-21-23-18(13-27-21)16-10-9-14-5-1-2-6-15(14)11-16/h3-4,7-11,13H,1-2,5-6,12H2,(H,23,24,25). The van der Waals surface area contributed by atoms with Gasteiger partial charge in [-0.1, -0.05) is 24.3 Å². The van der Waals surface area contributed by atoms with Crippen LogP contribution < -0.4 is 10.1 Å². The van der Waals surface area contributed by atoms with Gasteiger partial charge in [-0.3, -0.25) is 10.1 Å². The van der Waals surface area contributed by atoms with Gasteiger partial charge < -0.3 is 4.74 Å². The van der Waals surface area contributed by atoms with E-state index < -0.39 is 0 Å². The van der Waals surface area contributed by atoms with Crippen LogP contribution in [0.15, 0.2) is 52.3 Å². The van der Waals surface area contributed by atoms with Crippen molar-refractivity contribution in [3.05, 3.63) is 63.4 Å². The van der Waals surface area contributed by atoms with Crippen molar-refractivity contribution in [2.24, 2.45) is 0 Å². The number of hydrogen-bond donors (Lipinski definition) is 1. The predicted molar refractivity (Wildman–Crippen MR) is 112 cm³/mol. The number of rotatable bonds is 5. The highest BCUT2D eigenvalue weighted by molar-refractivity contribution is 9.10. The number of nitrogens with zero attached hydrogens (tertiary/aromatic N) is 1. The Kier molecular flexibility index (Phi) is 5.55. The fourth-order valence-electron chi connectivity index (χ4n) is 3.22. The SMILES string of the molecule is O=C(COc1ccccc1Br)Nc1nc(-c2ccc3c(c2)CCCC3)cs1. The third kappa shape index (κ3) is 4.39. The second kappa shape index (κ2) is 8.23. The molecule has 1 aromatic heterocycles. The van der Waals surface area contributed by atoms with E-state index in [1.54, 1.807) is 0 Å². The maximum absolute atomic E-state index is 12.1. The number of carbonyl (C=O) groups excluding carboxylic acids is 1. The minimum absolute atomic E-state index is 0.0592. The van der Waals surface area contributed by atoms with Crippen LogP contribution in [0.5, 0.6) is 5.75 Å². The Balaban J connectivity index is 1.39. The number of carbonyl (C=O) groups is 1. The van der Waals surface area contributed by atoms with Crippen LogP contribution in [0.25, 0.3) is 11.3 Å². The van der Waals surface area contributed by atoms with Crippen LogP contribution in [-0.2, 0) is 17.6 Å². The van der Waals surface area contributed by atoms with Gasteiger partial charge in [0, 0.05) is 10.9 Å². The lowest BCUT2D eigenvalue weighted by molar-refractivity contribution is -0.118. The number of para-hydroxylation sites is 1. The lowest BCUT2D eigenvalue weighted by Crippen LogP contribution is -2.20. The number of aromatic nitrogens is 1. The summed E-state index contributed by atoms with van der Waals surface area (Å²) in [6.45, 7) is -0.0592. The van der Waals surface area contributed by atoms with Crippen molar-refractivity contribution < 1.29 is 9.53 Å². The van der Waals surface area contributed by atoms with Crippen molar-refractivity contribution in [2.75, 3.05) is 11.9 Å². The van der Waals surface area contributed by atoms with Crippen molar-refractivity contribution in [3.8, 4) is 17.0 Å². The molecule has 138 valence electrons. The van der Waals surface area contributed by atoms with Crippen molar-refractivity contribution >= 4 is 38.3 Å². The zero-order valence-electron chi connectivity index (χ0n) is 14.7. The monoisotopic (exact) mass is 442 g/mol. The molecular formula is C21H19BrN2O2S.